The lowest BCUT2D eigenvalue weighted by molar-refractivity contribution is 0.102. The summed E-state index contributed by atoms with van der Waals surface area (Å²) in [6, 6.07) is 10.9. The number of carbonyl (C=O) groups is 1. The third-order valence-corrected chi connectivity index (χ3v) is 11.6. The normalized spacial score (nSPS) is 21.7. The molecule has 40 heavy (non-hydrogen) atoms. The van der Waals surface area contributed by atoms with Crippen LogP contribution >= 0.6 is 0 Å². The molecule has 2 aromatic carbocycles. The van der Waals surface area contributed by atoms with Gasteiger partial charge in [0.05, 0.1) is 34.4 Å². The Morgan fingerprint density at radius 3 is 2.23 bits per heavy atom. The van der Waals surface area contributed by atoms with Gasteiger partial charge in [-0.05, 0) is 68.0 Å². The number of ether oxygens (including phenoxy) is 1. The average Bonchev–Trinajstić information content (AvgIpc) is 2.98. The molecule has 10 nitrogen and oxygen atoms in total. The van der Waals surface area contributed by atoms with Gasteiger partial charge >= 0.3 is 0 Å². The molecule has 5 rings (SSSR count). The van der Waals surface area contributed by atoms with Crippen molar-refractivity contribution in [2.24, 2.45) is 5.92 Å². The number of benzene rings is 2. The SMILES string of the molecule is CC1CCCN(S(=O)(=O)c2cccc(C(=O)Nc3cc(S(=O)(=O)N4CCCCC4)ccc3N3CCOCC3)c2)C1. The molecule has 1 amide bonds. The van der Waals surface area contributed by atoms with Gasteiger partial charge in [-0.25, -0.2) is 16.8 Å². The first-order valence-electron chi connectivity index (χ1n) is 14.0. The van der Waals surface area contributed by atoms with Crippen molar-refractivity contribution in [1.82, 2.24) is 8.61 Å². The largest absolute Gasteiger partial charge is 0.378 e. The first-order chi connectivity index (χ1) is 19.2. The van der Waals surface area contributed by atoms with Gasteiger partial charge in [-0.15, -0.1) is 0 Å². The Bertz CT molecular complexity index is 1430. The van der Waals surface area contributed by atoms with E-state index in [4.69, 9.17) is 4.74 Å². The summed E-state index contributed by atoms with van der Waals surface area (Å²) in [4.78, 5) is 15.7. The van der Waals surface area contributed by atoms with Crippen molar-refractivity contribution >= 4 is 37.3 Å². The van der Waals surface area contributed by atoms with Gasteiger partial charge in [0.25, 0.3) is 5.91 Å². The molecule has 1 atom stereocenters. The molecule has 1 N–H and O–H groups in total. The van der Waals surface area contributed by atoms with Crippen LogP contribution in [0.15, 0.2) is 52.3 Å². The Morgan fingerprint density at radius 1 is 0.825 bits per heavy atom. The number of amides is 1. The maximum atomic E-state index is 13.5. The van der Waals surface area contributed by atoms with Gasteiger partial charge < -0.3 is 15.0 Å². The number of nitrogens with one attached hydrogen (secondary N) is 1. The maximum Gasteiger partial charge on any atom is 0.255 e. The predicted octanol–water partition coefficient (Wildman–Crippen LogP) is 3.37. The van der Waals surface area contributed by atoms with E-state index in [9.17, 15) is 21.6 Å². The van der Waals surface area contributed by atoms with Crippen LogP contribution in [0, 0.1) is 5.92 Å². The standard InChI is InChI=1S/C28H38N4O6S2/c1-22-7-6-14-32(21-22)40(36,37)24-9-5-8-23(19-24)28(33)29-26-20-25(39(34,35)31-12-3-2-4-13-31)10-11-27(26)30-15-17-38-18-16-30/h5,8-11,19-20,22H,2-4,6-7,12-18,21H2,1H3,(H,29,33). The topological polar surface area (TPSA) is 116 Å². The van der Waals surface area contributed by atoms with Gasteiger partial charge in [0.15, 0.2) is 0 Å². The van der Waals surface area contributed by atoms with Crippen LogP contribution in [0.5, 0.6) is 0 Å². The van der Waals surface area contributed by atoms with Gasteiger partial charge in [0.1, 0.15) is 0 Å². The Hall–Kier alpha value is -2.51. The first-order valence-corrected chi connectivity index (χ1v) is 16.9. The molecular weight excluding hydrogens is 552 g/mol. The molecule has 0 aromatic heterocycles. The fourth-order valence-corrected chi connectivity index (χ4v) is 8.80. The molecule has 2 aromatic rings. The summed E-state index contributed by atoms with van der Waals surface area (Å²) in [6.07, 6.45) is 4.46. The smallest absolute Gasteiger partial charge is 0.255 e. The van der Waals surface area contributed by atoms with Crippen molar-refractivity contribution in [2.75, 3.05) is 62.7 Å². The van der Waals surface area contributed by atoms with Crippen molar-refractivity contribution in [1.29, 1.82) is 0 Å². The number of hydrogen-bond donors (Lipinski definition) is 1. The van der Waals surface area contributed by atoms with Crippen LogP contribution < -0.4 is 10.2 Å². The highest BCUT2D eigenvalue weighted by molar-refractivity contribution is 7.89. The Kier molecular flexibility index (Phi) is 8.81. The number of piperidine rings is 2. The van der Waals surface area contributed by atoms with E-state index < -0.39 is 26.0 Å². The molecule has 3 heterocycles. The Labute approximate surface area is 237 Å². The molecule has 3 aliphatic heterocycles. The van der Waals surface area contributed by atoms with Crippen LogP contribution in [0.25, 0.3) is 0 Å². The average molecular weight is 591 g/mol. The van der Waals surface area contributed by atoms with E-state index in [1.54, 1.807) is 24.3 Å². The number of rotatable bonds is 7. The van der Waals surface area contributed by atoms with Crippen molar-refractivity contribution in [2.45, 2.75) is 48.8 Å². The van der Waals surface area contributed by atoms with E-state index in [2.05, 4.69) is 10.2 Å². The van der Waals surface area contributed by atoms with Gasteiger partial charge in [0, 0.05) is 44.8 Å². The van der Waals surface area contributed by atoms with E-state index in [1.165, 1.54) is 26.8 Å². The molecule has 3 fully saturated rings. The summed E-state index contributed by atoms with van der Waals surface area (Å²) < 4.78 is 62.0. The van der Waals surface area contributed by atoms with Gasteiger partial charge in [-0.2, -0.15) is 8.61 Å². The number of morpholine rings is 1. The lowest BCUT2D eigenvalue weighted by Crippen LogP contribution is -2.39. The van der Waals surface area contributed by atoms with Crippen molar-refractivity contribution in [3.63, 3.8) is 0 Å². The van der Waals surface area contributed by atoms with Crippen molar-refractivity contribution in [3.8, 4) is 0 Å². The monoisotopic (exact) mass is 590 g/mol. The zero-order valence-corrected chi connectivity index (χ0v) is 24.6. The highest BCUT2D eigenvalue weighted by atomic mass is 32.2. The summed E-state index contributed by atoms with van der Waals surface area (Å²) in [5.41, 5.74) is 1.24. The Morgan fingerprint density at radius 2 is 1.50 bits per heavy atom. The quantitative estimate of drug-likeness (QED) is 0.526. The number of anilines is 2. The molecule has 0 saturated carbocycles. The second-order valence-electron chi connectivity index (χ2n) is 10.8. The summed E-state index contributed by atoms with van der Waals surface area (Å²) in [5.74, 6) is -0.229. The van der Waals surface area contributed by atoms with Crippen LogP contribution in [0.3, 0.4) is 0 Å². The zero-order chi connectivity index (χ0) is 28.3. The van der Waals surface area contributed by atoms with E-state index >= 15 is 0 Å². The fraction of sp³-hybridized carbons (Fsp3) is 0.536. The Balaban J connectivity index is 1.44. The predicted molar refractivity (Wildman–Crippen MR) is 154 cm³/mol. The van der Waals surface area contributed by atoms with Gasteiger partial charge in [-0.1, -0.05) is 19.4 Å². The van der Waals surface area contributed by atoms with E-state index in [0.29, 0.717) is 63.9 Å². The molecular formula is C28H38N4O6S2. The van der Waals surface area contributed by atoms with Crippen molar-refractivity contribution in [3.05, 3.63) is 48.0 Å². The second-order valence-corrected chi connectivity index (χ2v) is 14.7. The third-order valence-electron chi connectivity index (χ3n) is 7.87. The van der Waals surface area contributed by atoms with E-state index in [-0.39, 0.29) is 21.3 Å². The maximum absolute atomic E-state index is 13.5. The molecule has 0 radical (unpaired) electrons. The molecule has 0 aliphatic carbocycles. The number of nitrogens with zero attached hydrogens (tertiary/aromatic N) is 3. The van der Waals surface area contributed by atoms with Crippen LogP contribution in [0.4, 0.5) is 11.4 Å². The molecule has 3 saturated heterocycles. The molecule has 0 bridgehead atoms. The molecule has 12 heteroatoms. The highest BCUT2D eigenvalue weighted by Crippen LogP contribution is 2.32. The lowest BCUT2D eigenvalue weighted by atomic mass is 10.0. The number of carbonyl (C=O) groups excluding carboxylic acids is 1. The zero-order valence-electron chi connectivity index (χ0n) is 22.9. The first kappa shape index (κ1) is 29.0. The van der Waals surface area contributed by atoms with Crippen molar-refractivity contribution < 1.29 is 26.4 Å². The number of sulfonamides is 2. The number of hydrogen-bond acceptors (Lipinski definition) is 7. The minimum atomic E-state index is -3.74. The van der Waals surface area contributed by atoms with Crippen LogP contribution in [-0.2, 0) is 24.8 Å². The molecule has 1 unspecified atom stereocenters. The van der Waals surface area contributed by atoms with E-state index in [0.717, 1.165) is 32.1 Å². The third kappa shape index (κ3) is 6.20. The van der Waals surface area contributed by atoms with Crippen LogP contribution in [0.1, 0.15) is 49.4 Å². The second kappa shape index (κ2) is 12.2. The minimum absolute atomic E-state index is 0.0732. The fourth-order valence-electron chi connectivity index (χ4n) is 5.62. The van der Waals surface area contributed by atoms with Crippen LogP contribution in [0.2, 0.25) is 0 Å². The summed E-state index contributed by atoms with van der Waals surface area (Å²) in [7, 11) is -7.46. The minimum Gasteiger partial charge on any atom is -0.378 e. The van der Waals surface area contributed by atoms with E-state index in [1.807, 2.05) is 6.92 Å². The van der Waals surface area contributed by atoms with Crippen LogP contribution in [-0.4, -0.2) is 83.8 Å². The summed E-state index contributed by atoms with van der Waals surface area (Å²) >= 11 is 0. The molecule has 3 aliphatic rings. The molecule has 0 spiro atoms. The lowest BCUT2D eigenvalue weighted by Gasteiger charge is -2.31. The highest BCUT2D eigenvalue weighted by Gasteiger charge is 2.30. The summed E-state index contributed by atoms with van der Waals surface area (Å²) in [5, 5.41) is 2.89. The molecule has 218 valence electrons. The summed E-state index contributed by atoms with van der Waals surface area (Å²) in [6.45, 7) is 6.17. The van der Waals surface area contributed by atoms with Gasteiger partial charge in [-0.3, -0.25) is 4.79 Å². The van der Waals surface area contributed by atoms with Gasteiger partial charge in [0.2, 0.25) is 20.0 Å².